The molecule has 2 unspecified atom stereocenters. The van der Waals surface area contributed by atoms with Gasteiger partial charge in [0.15, 0.2) is 0 Å². The lowest BCUT2D eigenvalue weighted by molar-refractivity contribution is 0.0766. The van der Waals surface area contributed by atoms with Crippen molar-refractivity contribution in [2.24, 2.45) is 0 Å². The summed E-state index contributed by atoms with van der Waals surface area (Å²) in [4.78, 5) is 14.3. The highest BCUT2D eigenvalue weighted by Gasteiger charge is 2.23. The van der Waals surface area contributed by atoms with E-state index < -0.39 is 10.8 Å². The maximum atomic E-state index is 12.5. The summed E-state index contributed by atoms with van der Waals surface area (Å²) in [6.07, 6.45) is 0.795. The number of benzene rings is 1. The fraction of sp³-hybridized carbons (Fsp3) is 0.533. The number of hydrogen-bond acceptors (Lipinski definition) is 3. The average molecular weight is 295 g/mol. The Morgan fingerprint density at radius 1 is 1.45 bits per heavy atom. The largest absolute Gasteiger partial charge is 0.494 e. The van der Waals surface area contributed by atoms with E-state index in [0.29, 0.717) is 36.8 Å². The van der Waals surface area contributed by atoms with Gasteiger partial charge >= 0.3 is 0 Å². The third kappa shape index (κ3) is 3.60. The molecule has 110 valence electrons. The molecule has 0 radical (unpaired) electrons. The number of rotatable bonds is 3. The second-order valence-corrected chi connectivity index (χ2v) is 6.91. The minimum atomic E-state index is -0.822. The van der Waals surface area contributed by atoms with E-state index in [9.17, 15) is 9.00 Å². The summed E-state index contributed by atoms with van der Waals surface area (Å²) < 4.78 is 17.2. The van der Waals surface area contributed by atoms with Gasteiger partial charge in [-0.15, -0.1) is 0 Å². The van der Waals surface area contributed by atoms with Gasteiger partial charge in [-0.2, -0.15) is 0 Å². The molecule has 1 aliphatic rings. The normalized spacial score (nSPS) is 23.2. The molecule has 0 aromatic heterocycles. The molecule has 4 nitrogen and oxygen atoms in total. The second-order valence-electron chi connectivity index (χ2n) is 4.94. The predicted octanol–water partition coefficient (Wildman–Crippen LogP) is 2.07. The van der Waals surface area contributed by atoms with Gasteiger partial charge in [0, 0.05) is 40.5 Å². The number of ether oxygens (including phenoxy) is 1. The first-order valence-electron chi connectivity index (χ1n) is 7.01. The van der Waals surface area contributed by atoms with Gasteiger partial charge in [0.05, 0.1) is 6.61 Å². The van der Waals surface area contributed by atoms with Gasteiger partial charge in [0.25, 0.3) is 5.91 Å². The Labute approximate surface area is 122 Å². The molecule has 0 N–H and O–H groups in total. The molecule has 1 amide bonds. The third-order valence-corrected chi connectivity index (χ3v) is 5.21. The minimum Gasteiger partial charge on any atom is -0.494 e. The van der Waals surface area contributed by atoms with Crippen LogP contribution < -0.4 is 4.74 Å². The monoisotopic (exact) mass is 295 g/mol. The van der Waals surface area contributed by atoms with Crippen molar-refractivity contribution < 1.29 is 13.7 Å². The van der Waals surface area contributed by atoms with Crippen LogP contribution in [0.25, 0.3) is 0 Å². The molecular formula is C15H21NO3S. The summed E-state index contributed by atoms with van der Waals surface area (Å²) in [5.41, 5.74) is 0.635. The van der Waals surface area contributed by atoms with Crippen LogP contribution >= 0.6 is 0 Å². The Morgan fingerprint density at radius 3 is 3.00 bits per heavy atom. The lowest BCUT2D eigenvalue weighted by Gasteiger charge is -2.20. The van der Waals surface area contributed by atoms with Gasteiger partial charge in [0.1, 0.15) is 5.75 Å². The molecule has 2 atom stereocenters. The maximum Gasteiger partial charge on any atom is 0.254 e. The van der Waals surface area contributed by atoms with E-state index in [1.165, 1.54) is 0 Å². The zero-order valence-corrected chi connectivity index (χ0v) is 12.8. The number of carbonyl (C=O) groups is 1. The van der Waals surface area contributed by atoms with Crippen LogP contribution in [0.4, 0.5) is 0 Å². The first kappa shape index (κ1) is 15.0. The van der Waals surface area contributed by atoms with Crippen molar-refractivity contribution in [3.8, 4) is 5.75 Å². The van der Waals surface area contributed by atoms with Crippen LogP contribution in [-0.2, 0) is 10.8 Å². The van der Waals surface area contributed by atoms with Gasteiger partial charge in [-0.05, 0) is 31.5 Å². The van der Waals surface area contributed by atoms with Crippen LogP contribution in [0.15, 0.2) is 24.3 Å². The lowest BCUT2D eigenvalue weighted by Crippen LogP contribution is -2.33. The predicted molar refractivity (Wildman–Crippen MR) is 80.6 cm³/mol. The standard InChI is InChI=1S/C15H21NO3S/c1-3-19-14-6-4-5-13(11-14)15(17)16-8-7-12(2)20(18)10-9-16/h4-6,11-12H,3,7-10H2,1-2H3. The van der Waals surface area contributed by atoms with Crippen molar-refractivity contribution in [3.05, 3.63) is 29.8 Å². The molecule has 2 rings (SSSR count). The summed E-state index contributed by atoms with van der Waals surface area (Å²) in [7, 11) is -0.822. The van der Waals surface area contributed by atoms with Gasteiger partial charge in [-0.25, -0.2) is 0 Å². The zero-order chi connectivity index (χ0) is 14.5. The Hall–Kier alpha value is -1.36. The van der Waals surface area contributed by atoms with Gasteiger partial charge in [-0.1, -0.05) is 13.0 Å². The Balaban J connectivity index is 2.10. The van der Waals surface area contributed by atoms with Crippen LogP contribution in [0.3, 0.4) is 0 Å². The Kier molecular flexibility index (Phi) is 5.17. The van der Waals surface area contributed by atoms with E-state index in [1.807, 2.05) is 26.0 Å². The van der Waals surface area contributed by atoms with Crippen LogP contribution in [0.5, 0.6) is 5.75 Å². The van der Waals surface area contributed by atoms with Gasteiger partial charge < -0.3 is 9.64 Å². The molecule has 0 aliphatic carbocycles. The van der Waals surface area contributed by atoms with Gasteiger partial charge in [0.2, 0.25) is 0 Å². The van der Waals surface area contributed by atoms with Crippen LogP contribution in [0, 0.1) is 0 Å². The summed E-state index contributed by atoms with van der Waals surface area (Å²) in [6, 6.07) is 7.25. The molecule has 0 spiro atoms. The van der Waals surface area contributed by atoms with Crippen molar-refractivity contribution in [2.75, 3.05) is 25.4 Å². The summed E-state index contributed by atoms with van der Waals surface area (Å²) in [5.74, 6) is 1.28. The summed E-state index contributed by atoms with van der Waals surface area (Å²) in [5, 5.41) is 0.169. The zero-order valence-electron chi connectivity index (χ0n) is 12.0. The Morgan fingerprint density at radius 2 is 2.25 bits per heavy atom. The SMILES string of the molecule is CCOc1cccc(C(=O)N2CCC(C)S(=O)CC2)c1. The van der Waals surface area contributed by atoms with E-state index in [1.54, 1.807) is 17.0 Å². The number of hydrogen-bond donors (Lipinski definition) is 0. The fourth-order valence-electron chi connectivity index (χ4n) is 2.25. The molecule has 1 aromatic carbocycles. The molecule has 1 saturated heterocycles. The smallest absolute Gasteiger partial charge is 0.254 e. The van der Waals surface area contributed by atoms with Crippen molar-refractivity contribution in [1.82, 2.24) is 4.90 Å². The fourth-order valence-corrected chi connectivity index (χ4v) is 3.42. The number of amides is 1. The molecule has 1 heterocycles. The first-order chi connectivity index (χ1) is 9.61. The number of carbonyl (C=O) groups excluding carboxylic acids is 1. The van der Waals surface area contributed by atoms with Crippen LogP contribution in [0.2, 0.25) is 0 Å². The molecule has 1 aromatic rings. The van der Waals surface area contributed by atoms with Crippen molar-refractivity contribution in [1.29, 1.82) is 0 Å². The molecule has 5 heteroatoms. The molecule has 0 saturated carbocycles. The average Bonchev–Trinajstić information content (AvgIpc) is 2.62. The molecular weight excluding hydrogens is 274 g/mol. The van der Waals surface area contributed by atoms with E-state index in [-0.39, 0.29) is 11.2 Å². The highest BCUT2D eigenvalue weighted by Crippen LogP contribution is 2.17. The quantitative estimate of drug-likeness (QED) is 0.857. The van der Waals surface area contributed by atoms with E-state index in [2.05, 4.69) is 0 Å². The highest BCUT2D eigenvalue weighted by molar-refractivity contribution is 7.85. The minimum absolute atomic E-state index is 0.00217. The lowest BCUT2D eigenvalue weighted by atomic mass is 10.1. The number of nitrogens with zero attached hydrogens (tertiary/aromatic N) is 1. The highest BCUT2D eigenvalue weighted by atomic mass is 32.2. The topological polar surface area (TPSA) is 46.6 Å². The van der Waals surface area contributed by atoms with Crippen LogP contribution in [-0.4, -0.2) is 45.7 Å². The molecule has 20 heavy (non-hydrogen) atoms. The summed E-state index contributed by atoms with van der Waals surface area (Å²) in [6.45, 7) is 5.72. The van der Waals surface area contributed by atoms with E-state index in [4.69, 9.17) is 4.74 Å². The Bertz CT molecular complexity index is 504. The van der Waals surface area contributed by atoms with Gasteiger partial charge in [-0.3, -0.25) is 9.00 Å². The van der Waals surface area contributed by atoms with Crippen LogP contribution in [0.1, 0.15) is 30.6 Å². The molecule has 1 fully saturated rings. The second kappa shape index (κ2) is 6.88. The van der Waals surface area contributed by atoms with Crippen molar-refractivity contribution in [3.63, 3.8) is 0 Å². The first-order valence-corrected chi connectivity index (χ1v) is 8.39. The van der Waals surface area contributed by atoms with Crippen molar-refractivity contribution in [2.45, 2.75) is 25.5 Å². The molecule has 0 bridgehead atoms. The summed E-state index contributed by atoms with van der Waals surface area (Å²) >= 11 is 0. The van der Waals surface area contributed by atoms with Crippen molar-refractivity contribution >= 4 is 16.7 Å². The van der Waals surface area contributed by atoms with E-state index >= 15 is 0 Å². The third-order valence-electron chi connectivity index (χ3n) is 3.50. The maximum absolute atomic E-state index is 12.5. The van der Waals surface area contributed by atoms with E-state index in [0.717, 1.165) is 6.42 Å². The molecule has 1 aliphatic heterocycles.